The molecule has 0 fully saturated rings. The number of carboxylic acid groups (broad SMARTS) is 1. The summed E-state index contributed by atoms with van der Waals surface area (Å²) in [6, 6.07) is 0. The lowest BCUT2D eigenvalue weighted by Crippen LogP contribution is -1.99. The van der Waals surface area contributed by atoms with E-state index in [1.165, 1.54) is 0 Å². The van der Waals surface area contributed by atoms with Crippen molar-refractivity contribution in [3.05, 3.63) is 35.4 Å². The third-order valence-corrected chi connectivity index (χ3v) is 2.45. The normalized spacial score (nSPS) is 10.7. The molecule has 0 spiro atoms. The summed E-state index contributed by atoms with van der Waals surface area (Å²) in [7, 11) is 0. The average Bonchev–Trinajstić information content (AvgIpc) is 2.41. The Labute approximate surface area is 80.8 Å². The molecule has 2 heterocycles. The van der Waals surface area contributed by atoms with E-state index in [-0.39, 0.29) is 0 Å². The summed E-state index contributed by atoms with van der Waals surface area (Å²) >= 11 is 0. The maximum atomic E-state index is 11.0. The molecule has 0 saturated heterocycles. The molecule has 14 heavy (non-hydrogen) atoms. The van der Waals surface area contributed by atoms with Crippen LogP contribution in [0, 0.1) is 13.8 Å². The number of rotatable bonds is 1. The van der Waals surface area contributed by atoms with Gasteiger partial charge in [0.25, 0.3) is 0 Å². The van der Waals surface area contributed by atoms with Gasteiger partial charge in [-0.25, -0.2) is 4.79 Å². The Hall–Kier alpha value is -1.84. The molecule has 0 bridgehead atoms. The number of carboxylic acids is 1. The molecule has 0 atom stereocenters. The first-order valence-electron chi connectivity index (χ1n) is 4.27. The Balaban J connectivity index is 2.92. The van der Waals surface area contributed by atoms with Gasteiger partial charge in [0.1, 0.15) is 0 Å². The van der Waals surface area contributed by atoms with Crippen LogP contribution in [-0.4, -0.2) is 20.5 Å². The largest absolute Gasteiger partial charge is 0.478 e. The van der Waals surface area contributed by atoms with Gasteiger partial charge in [0, 0.05) is 18.1 Å². The minimum Gasteiger partial charge on any atom is -0.478 e. The smallest absolute Gasteiger partial charge is 0.337 e. The lowest BCUT2D eigenvalue weighted by atomic mass is 10.1. The van der Waals surface area contributed by atoms with Crippen molar-refractivity contribution in [3.63, 3.8) is 0 Å². The predicted octanol–water partition coefficient (Wildman–Crippen LogP) is 1.65. The van der Waals surface area contributed by atoms with Gasteiger partial charge in [0.2, 0.25) is 0 Å². The van der Waals surface area contributed by atoms with Crippen LogP contribution in [0.1, 0.15) is 21.6 Å². The molecule has 0 unspecified atom stereocenters. The zero-order valence-electron chi connectivity index (χ0n) is 7.98. The number of fused-ring (bicyclic) bond motifs is 1. The lowest BCUT2D eigenvalue weighted by Gasteiger charge is -1.95. The molecule has 2 rings (SSSR count). The van der Waals surface area contributed by atoms with Gasteiger partial charge in [-0.05, 0) is 19.4 Å². The van der Waals surface area contributed by atoms with E-state index >= 15 is 0 Å². The lowest BCUT2D eigenvalue weighted by molar-refractivity contribution is 0.0695. The molecule has 2 aromatic heterocycles. The maximum absolute atomic E-state index is 11.0. The Morgan fingerprint density at radius 3 is 2.79 bits per heavy atom. The summed E-state index contributed by atoms with van der Waals surface area (Å²) in [6.07, 6.45) is 5.09. The minimum atomic E-state index is -0.885. The molecule has 0 aromatic carbocycles. The van der Waals surface area contributed by atoms with Gasteiger partial charge >= 0.3 is 5.97 Å². The first-order chi connectivity index (χ1) is 6.63. The van der Waals surface area contributed by atoms with Crippen LogP contribution in [-0.2, 0) is 0 Å². The third kappa shape index (κ3) is 1.00. The molecule has 4 heteroatoms. The third-order valence-electron chi connectivity index (χ3n) is 2.45. The van der Waals surface area contributed by atoms with Crippen LogP contribution < -0.4 is 0 Å². The van der Waals surface area contributed by atoms with Crippen LogP contribution >= 0.6 is 0 Å². The fraction of sp³-hybridized carbons (Fsp3) is 0.200. The second-order valence-electron chi connectivity index (χ2n) is 3.22. The van der Waals surface area contributed by atoms with E-state index in [2.05, 4.69) is 4.98 Å². The highest BCUT2D eigenvalue weighted by Gasteiger charge is 2.17. The maximum Gasteiger partial charge on any atom is 0.337 e. The van der Waals surface area contributed by atoms with Gasteiger partial charge in [0.15, 0.2) is 0 Å². The Kier molecular flexibility index (Phi) is 1.77. The number of carbonyl (C=O) groups is 1. The van der Waals surface area contributed by atoms with Crippen LogP contribution in [0.5, 0.6) is 0 Å². The highest BCUT2D eigenvalue weighted by Crippen LogP contribution is 2.21. The summed E-state index contributed by atoms with van der Waals surface area (Å²) in [5.41, 5.74) is 2.73. The zero-order valence-corrected chi connectivity index (χ0v) is 7.98. The molecule has 4 nitrogen and oxygen atoms in total. The molecule has 0 amide bonds. The van der Waals surface area contributed by atoms with Gasteiger partial charge < -0.3 is 9.51 Å². The fourth-order valence-electron chi connectivity index (χ4n) is 1.77. The van der Waals surface area contributed by atoms with Crippen LogP contribution in [0.25, 0.3) is 5.52 Å². The van der Waals surface area contributed by atoms with Crippen LogP contribution in [0.4, 0.5) is 0 Å². The molecule has 0 aliphatic carbocycles. The van der Waals surface area contributed by atoms with E-state index in [9.17, 15) is 4.79 Å². The van der Waals surface area contributed by atoms with Crippen molar-refractivity contribution in [2.45, 2.75) is 13.8 Å². The van der Waals surface area contributed by atoms with Crippen molar-refractivity contribution in [2.75, 3.05) is 0 Å². The number of aryl methyl sites for hydroxylation is 2. The number of aromatic carboxylic acids is 1. The van der Waals surface area contributed by atoms with E-state index < -0.39 is 5.97 Å². The molecule has 0 radical (unpaired) electrons. The Morgan fingerprint density at radius 2 is 2.21 bits per heavy atom. The Morgan fingerprint density at radius 1 is 1.50 bits per heavy atom. The van der Waals surface area contributed by atoms with Gasteiger partial charge in [-0.2, -0.15) is 0 Å². The molecule has 2 aromatic rings. The molecule has 1 N–H and O–H groups in total. The molecule has 0 saturated carbocycles. The van der Waals surface area contributed by atoms with Gasteiger partial charge in [-0.15, -0.1) is 0 Å². The minimum absolute atomic E-state index is 0.373. The summed E-state index contributed by atoms with van der Waals surface area (Å²) in [5.74, 6) is -0.885. The SMILES string of the molecule is Cc1c(C(=O)O)c(C)n2ccncc12. The van der Waals surface area contributed by atoms with Crippen LogP contribution in [0.2, 0.25) is 0 Å². The number of nitrogens with zero attached hydrogens (tertiary/aromatic N) is 2. The molecule has 0 aliphatic rings. The number of hydrogen-bond acceptors (Lipinski definition) is 2. The van der Waals surface area contributed by atoms with Crippen molar-refractivity contribution in [1.29, 1.82) is 0 Å². The molecular formula is C10H10N2O2. The number of aromatic nitrogens is 2. The van der Waals surface area contributed by atoms with E-state index in [1.54, 1.807) is 32.4 Å². The predicted molar refractivity (Wildman–Crippen MR) is 51.6 cm³/mol. The van der Waals surface area contributed by atoms with Crippen molar-refractivity contribution >= 4 is 11.5 Å². The second kappa shape index (κ2) is 2.83. The zero-order chi connectivity index (χ0) is 10.3. The van der Waals surface area contributed by atoms with Crippen LogP contribution in [0.3, 0.4) is 0 Å². The summed E-state index contributed by atoms with van der Waals surface area (Å²) in [6.45, 7) is 3.59. The topological polar surface area (TPSA) is 54.6 Å². The van der Waals surface area contributed by atoms with Crippen molar-refractivity contribution in [2.24, 2.45) is 0 Å². The first-order valence-corrected chi connectivity index (χ1v) is 4.27. The van der Waals surface area contributed by atoms with Gasteiger partial charge in [-0.1, -0.05) is 0 Å². The molecule has 72 valence electrons. The summed E-state index contributed by atoms with van der Waals surface area (Å²) in [5, 5.41) is 9.01. The molecular weight excluding hydrogens is 180 g/mol. The highest BCUT2D eigenvalue weighted by molar-refractivity contribution is 5.93. The monoisotopic (exact) mass is 190 g/mol. The average molecular weight is 190 g/mol. The van der Waals surface area contributed by atoms with Crippen LogP contribution in [0.15, 0.2) is 18.6 Å². The van der Waals surface area contributed by atoms with E-state index in [1.807, 2.05) is 4.40 Å². The quantitative estimate of drug-likeness (QED) is 0.743. The van der Waals surface area contributed by atoms with Crippen molar-refractivity contribution < 1.29 is 9.90 Å². The summed E-state index contributed by atoms with van der Waals surface area (Å²) in [4.78, 5) is 15.0. The van der Waals surface area contributed by atoms with Crippen molar-refractivity contribution in [3.8, 4) is 0 Å². The van der Waals surface area contributed by atoms with E-state index in [0.29, 0.717) is 5.56 Å². The summed E-state index contributed by atoms with van der Waals surface area (Å²) < 4.78 is 1.84. The second-order valence-corrected chi connectivity index (χ2v) is 3.22. The van der Waals surface area contributed by atoms with E-state index in [4.69, 9.17) is 5.11 Å². The molecule has 0 aliphatic heterocycles. The van der Waals surface area contributed by atoms with Gasteiger partial charge in [-0.3, -0.25) is 4.98 Å². The Bertz CT molecular complexity index is 475. The number of hydrogen-bond donors (Lipinski definition) is 1. The van der Waals surface area contributed by atoms with Crippen molar-refractivity contribution in [1.82, 2.24) is 9.38 Å². The van der Waals surface area contributed by atoms with Gasteiger partial charge in [0.05, 0.1) is 17.3 Å². The highest BCUT2D eigenvalue weighted by atomic mass is 16.4. The first kappa shape index (κ1) is 8.74. The standard InChI is InChI=1S/C10H10N2O2/c1-6-8-5-11-3-4-12(8)7(2)9(6)10(13)14/h3-5H,1-2H3,(H,13,14). The fourth-order valence-corrected chi connectivity index (χ4v) is 1.77. The van der Waals surface area contributed by atoms with E-state index in [0.717, 1.165) is 16.8 Å².